The van der Waals surface area contributed by atoms with Gasteiger partial charge in [0.25, 0.3) is 5.69 Å². The zero-order valence-electron chi connectivity index (χ0n) is 15.6. The van der Waals surface area contributed by atoms with E-state index in [2.05, 4.69) is 26.6 Å². The smallest absolute Gasteiger partial charge is 0.287 e. The number of pyridine rings is 1. The predicted octanol–water partition coefficient (Wildman–Crippen LogP) is 1.29. The van der Waals surface area contributed by atoms with Crippen molar-refractivity contribution in [3.8, 4) is 6.07 Å². The Morgan fingerprint density at radius 1 is 1.43 bits per heavy atom. The van der Waals surface area contributed by atoms with Crippen LogP contribution >= 0.6 is 0 Å². The van der Waals surface area contributed by atoms with Gasteiger partial charge in [0, 0.05) is 24.2 Å². The summed E-state index contributed by atoms with van der Waals surface area (Å²) in [5.74, 6) is 0.713. The second-order valence-corrected chi connectivity index (χ2v) is 7.94. The number of piperidine rings is 1. The molecule has 2 bridgehead atoms. The third-order valence-electron chi connectivity index (χ3n) is 6.31. The number of Topliss-reactive ketones (excluding diaryl/α,β-unsaturated/α-hetero) is 1. The quantitative estimate of drug-likeness (QED) is 0.555. The molecule has 148 valence electrons. The van der Waals surface area contributed by atoms with E-state index >= 15 is 0 Å². The highest BCUT2D eigenvalue weighted by Crippen LogP contribution is 2.38. The zero-order chi connectivity index (χ0) is 19.7. The first-order valence-electron chi connectivity index (χ1n) is 9.84. The molecule has 0 radical (unpaired) electrons. The van der Waals surface area contributed by atoms with Gasteiger partial charge in [0.05, 0.1) is 17.5 Å². The van der Waals surface area contributed by atoms with Crippen LogP contribution in [0, 0.1) is 21.4 Å². The highest BCUT2D eigenvalue weighted by Gasteiger charge is 2.43. The van der Waals surface area contributed by atoms with Crippen LogP contribution in [0.15, 0.2) is 18.3 Å². The molecule has 3 atom stereocenters. The number of fused-ring (bicyclic) bond motifs is 2. The lowest BCUT2D eigenvalue weighted by Crippen LogP contribution is -2.54. The van der Waals surface area contributed by atoms with Gasteiger partial charge in [-0.25, -0.2) is 4.98 Å². The number of anilines is 1. The molecule has 1 aromatic heterocycles. The Balaban J connectivity index is 1.37. The van der Waals surface area contributed by atoms with Crippen LogP contribution in [0.25, 0.3) is 0 Å². The van der Waals surface area contributed by atoms with E-state index in [1.807, 2.05) is 0 Å². The van der Waals surface area contributed by atoms with Gasteiger partial charge in [-0.3, -0.25) is 20.2 Å². The van der Waals surface area contributed by atoms with Crippen LogP contribution in [0.2, 0.25) is 0 Å². The van der Waals surface area contributed by atoms with Gasteiger partial charge in [-0.2, -0.15) is 5.26 Å². The highest BCUT2D eigenvalue weighted by atomic mass is 16.6. The largest absolute Gasteiger partial charge is 0.351 e. The molecular weight excluding hydrogens is 360 g/mol. The first-order valence-corrected chi connectivity index (χ1v) is 9.84. The number of nitrogens with one attached hydrogen (secondary N) is 2. The number of nitro groups is 1. The second kappa shape index (κ2) is 7.45. The van der Waals surface area contributed by atoms with Crippen molar-refractivity contribution in [2.24, 2.45) is 0 Å². The Kier molecular flexibility index (Phi) is 5.00. The van der Waals surface area contributed by atoms with Gasteiger partial charge in [-0.05, 0) is 51.1 Å². The van der Waals surface area contributed by atoms with E-state index in [1.165, 1.54) is 12.3 Å². The monoisotopic (exact) mass is 384 g/mol. The molecule has 3 unspecified atom stereocenters. The maximum atomic E-state index is 12.6. The fourth-order valence-electron chi connectivity index (χ4n) is 4.88. The summed E-state index contributed by atoms with van der Waals surface area (Å²) in [5, 5.41) is 26.7. The van der Waals surface area contributed by atoms with Gasteiger partial charge < -0.3 is 10.2 Å². The number of carbonyl (C=O) groups excluding carboxylic acids is 1. The standard InChI is InChI=1S/C19H24N6O3/c20-12-19(6-1-7-23-19)17(26)11-21-13-8-14-2-3-15(9-13)24(14)18-5-4-16(10-22-18)25(27)28/h4-5,10,13-15,21,23H,1-3,6-9,11H2. The number of nitrogens with zero attached hydrogens (tertiary/aromatic N) is 4. The maximum absolute atomic E-state index is 12.6. The first kappa shape index (κ1) is 18.8. The van der Waals surface area contributed by atoms with Crippen molar-refractivity contribution in [2.45, 2.75) is 62.2 Å². The van der Waals surface area contributed by atoms with E-state index in [1.54, 1.807) is 6.07 Å². The van der Waals surface area contributed by atoms with Gasteiger partial charge in [-0.1, -0.05) is 0 Å². The Labute approximate surface area is 163 Å². The Morgan fingerprint density at radius 3 is 2.71 bits per heavy atom. The van der Waals surface area contributed by atoms with Gasteiger partial charge in [0.15, 0.2) is 11.3 Å². The lowest BCUT2D eigenvalue weighted by Gasteiger charge is -2.40. The van der Waals surface area contributed by atoms with E-state index in [0.717, 1.165) is 37.9 Å². The van der Waals surface area contributed by atoms with Gasteiger partial charge in [-0.15, -0.1) is 0 Å². The Hall–Kier alpha value is -2.57. The third-order valence-corrected chi connectivity index (χ3v) is 6.31. The summed E-state index contributed by atoms with van der Waals surface area (Å²) in [6.45, 7) is 0.921. The minimum Gasteiger partial charge on any atom is -0.351 e. The highest BCUT2D eigenvalue weighted by molar-refractivity contribution is 5.93. The van der Waals surface area contributed by atoms with Crippen LogP contribution in [0.1, 0.15) is 38.5 Å². The van der Waals surface area contributed by atoms with Gasteiger partial charge >= 0.3 is 0 Å². The topological polar surface area (TPSA) is 124 Å². The summed E-state index contributed by atoms with van der Waals surface area (Å²) in [7, 11) is 0. The number of nitriles is 1. The van der Waals surface area contributed by atoms with E-state index in [9.17, 15) is 20.2 Å². The first-order chi connectivity index (χ1) is 13.5. The Morgan fingerprint density at radius 2 is 2.18 bits per heavy atom. The second-order valence-electron chi connectivity index (χ2n) is 7.94. The SMILES string of the molecule is N#CC1(C(=O)CNC2CC3CCC(C2)N3c2ccc([N+](=O)[O-])cn2)CCCN1. The minimum absolute atomic E-state index is 0.00175. The van der Waals surface area contributed by atoms with Crippen molar-refractivity contribution >= 4 is 17.3 Å². The Bertz CT molecular complexity index is 785. The van der Waals surface area contributed by atoms with E-state index in [-0.39, 0.29) is 24.1 Å². The molecule has 9 nitrogen and oxygen atoms in total. The molecule has 0 amide bonds. The zero-order valence-corrected chi connectivity index (χ0v) is 15.6. The summed E-state index contributed by atoms with van der Waals surface area (Å²) >= 11 is 0. The molecule has 4 heterocycles. The fraction of sp³-hybridized carbons (Fsp3) is 0.632. The van der Waals surface area contributed by atoms with Gasteiger partial charge in [0.2, 0.25) is 0 Å². The van der Waals surface area contributed by atoms with Gasteiger partial charge in [0.1, 0.15) is 12.0 Å². The molecule has 1 aromatic rings. The fourth-order valence-corrected chi connectivity index (χ4v) is 4.88. The summed E-state index contributed by atoms with van der Waals surface area (Å²) in [6.07, 6.45) is 6.65. The molecule has 3 fully saturated rings. The van der Waals surface area contributed by atoms with Crippen molar-refractivity contribution < 1.29 is 9.72 Å². The molecule has 0 aromatic carbocycles. The summed E-state index contributed by atoms with van der Waals surface area (Å²) in [6, 6.07) is 6.26. The average Bonchev–Trinajstić information content (AvgIpc) is 3.30. The van der Waals surface area contributed by atoms with Crippen LogP contribution in [0.3, 0.4) is 0 Å². The van der Waals surface area contributed by atoms with E-state index < -0.39 is 10.5 Å². The maximum Gasteiger partial charge on any atom is 0.287 e. The average molecular weight is 384 g/mol. The minimum atomic E-state index is -1.02. The van der Waals surface area contributed by atoms with Crippen molar-refractivity contribution in [3.63, 3.8) is 0 Å². The number of hydrogen-bond donors (Lipinski definition) is 2. The molecule has 4 rings (SSSR count). The summed E-state index contributed by atoms with van der Waals surface area (Å²) in [4.78, 5) is 29.5. The molecule has 2 N–H and O–H groups in total. The van der Waals surface area contributed by atoms with Crippen LogP contribution in [0.5, 0.6) is 0 Å². The molecule has 28 heavy (non-hydrogen) atoms. The van der Waals surface area contributed by atoms with Crippen molar-refractivity contribution in [3.05, 3.63) is 28.4 Å². The molecule has 9 heteroatoms. The van der Waals surface area contributed by atoms with Crippen molar-refractivity contribution in [2.75, 3.05) is 18.0 Å². The van der Waals surface area contributed by atoms with Crippen LogP contribution < -0.4 is 15.5 Å². The van der Waals surface area contributed by atoms with Crippen LogP contribution in [-0.2, 0) is 4.79 Å². The van der Waals surface area contributed by atoms with E-state index in [4.69, 9.17) is 0 Å². The molecule has 0 saturated carbocycles. The molecular formula is C19H24N6O3. The molecule has 0 aliphatic carbocycles. The molecule has 0 spiro atoms. The number of aromatic nitrogens is 1. The third kappa shape index (κ3) is 3.34. The summed E-state index contributed by atoms with van der Waals surface area (Å²) in [5.41, 5.74) is -1.02. The van der Waals surface area contributed by atoms with Crippen LogP contribution in [-0.4, -0.2) is 52.4 Å². The molecule has 3 aliphatic heterocycles. The van der Waals surface area contributed by atoms with E-state index in [0.29, 0.717) is 25.0 Å². The molecule has 3 aliphatic rings. The van der Waals surface area contributed by atoms with Crippen molar-refractivity contribution in [1.82, 2.24) is 15.6 Å². The summed E-state index contributed by atoms with van der Waals surface area (Å²) < 4.78 is 0. The number of carbonyl (C=O) groups is 1. The van der Waals surface area contributed by atoms with Crippen LogP contribution in [0.4, 0.5) is 11.5 Å². The molecule has 3 saturated heterocycles. The predicted molar refractivity (Wildman–Crippen MR) is 102 cm³/mol. The lowest BCUT2D eigenvalue weighted by atomic mass is 9.92. The number of ketones is 1. The lowest BCUT2D eigenvalue weighted by molar-refractivity contribution is -0.385. The number of rotatable bonds is 6. The van der Waals surface area contributed by atoms with Crippen molar-refractivity contribution in [1.29, 1.82) is 5.26 Å². The normalized spacial score (nSPS) is 31.5. The number of hydrogen-bond acceptors (Lipinski definition) is 8.